The van der Waals surface area contributed by atoms with Gasteiger partial charge in [0.2, 0.25) is 5.90 Å². The summed E-state index contributed by atoms with van der Waals surface area (Å²) in [6.45, 7) is 5.66. The van der Waals surface area contributed by atoms with E-state index in [2.05, 4.69) is 9.73 Å². The summed E-state index contributed by atoms with van der Waals surface area (Å²) in [6.07, 6.45) is -3.32. The maximum absolute atomic E-state index is 12.6. The summed E-state index contributed by atoms with van der Waals surface area (Å²) in [5, 5.41) is 0. The van der Waals surface area contributed by atoms with E-state index in [1.165, 1.54) is 24.5 Å². The lowest BCUT2D eigenvalue weighted by Crippen LogP contribution is -2.17. The zero-order chi connectivity index (χ0) is 23.1. The maximum Gasteiger partial charge on any atom is 0.573 e. The highest BCUT2D eigenvalue weighted by atomic mass is 19.4. The fourth-order valence-corrected chi connectivity index (χ4v) is 2.60. The fourth-order valence-electron chi connectivity index (χ4n) is 2.60. The van der Waals surface area contributed by atoms with Crippen LogP contribution in [0, 0.1) is 13.8 Å². The summed E-state index contributed by atoms with van der Waals surface area (Å²) < 4.78 is 53.2. The average Bonchev–Trinajstić information content (AvgIpc) is 2.73. The van der Waals surface area contributed by atoms with E-state index in [0.717, 1.165) is 17.2 Å². The molecule has 0 heterocycles. The van der Waals surface area contributed by atoms with Gasteiger partial charge >= 0.3 is 6.36 Å². The third-order valence-electron chi connectivity index (χ3n) is 4.25. The van der Waals surface area contributed by atoms with Crippen LogP contribution in [0.1, 0.15) is 18.1 Å². The molecule has 0 N–H and O–H groups in total. The number of hydrogen-bond donors (Lipinski definition) is 0. The molecule has 0 saturated carbocycles. The lowest BCUT2D eigenvalue weighted by Gasteiger charge is -2.13. The Bertz CT molecular complexity index is 1100. The number of halogens is 3. The third-order valence-corrected chi connectivity index (χ3v) is 4.25. The van der Waals surface area contributed by atoms with Crippen LogP contribution in [0.4, 0.5) is 18.9 Å². The lowest BCUT2D eigenvalue weighted by atomic mass is 10.2. The van der Waals surface area contributed by atoms with Crippen molar-refractivity contribution >= 4 is 11.6 Å². The van der Waals surface area contributed by atoms with Gasteiger partial charge in [-0.05, 0) is 57.2 Å². The van der Waals surface area contributed by atoms with Crippen LogP contribution in [0.15, 0.2) is 89.6 Å². The summed E-state index contributed by atoms with van der Waals surface area (Å²) in [5.41, 5.74) is 3.33. The van der Waals surface area contributed by atoms with Crippen LogP contribution in [0.5, 0.6) is 17.2 Å². The molecule has 0 atom stereocenters. The van der Waals surface area contributed by atoms with Crippen LogP contribution < -0.4 is 14.2 Å². The second-order valence-electron chi connectivity index (χ2n) is 7.11. The van der Waals surface area contributed by atoms with E-state index in [0.29, 0.717) is 17.0 Å². The Labute approximate surface area is 184 Å². The Morgan fingerprint density at radius 2 is 1.41 bits per heavy atom. The highest BCUT2D eigenvalue weighted by Crippen LogP contribution is 2.27. The molecule has 0 aliphatic rings. The maximum atomic E-state index is 12.6. The molecule has 3 aromatic rings. The summed E-state index contributed by atoms with van der Waals surface area (Å²) in [5.74, 6) is 0.554. The minimum absolute atomic E-state index is 0.140. The number of alkyl halides is 3. The number of ether oxygens (including phenoxy) is 3. The standard InChI is InChI=1S/C25H22F3NO3/c1-17-7-11-20(12-8-17)29-24(19(3)16-30-21-13-9-18(2)10-14-21)31-22-5-4-6-23(15-22)32-25(26,27)28/h4-16H,1-3H3/b19-16+,29-24?. The highest BCUT2D eigenvalue weighted by Gasteiger charge is 2.31. The van der Waals surface area contributed by atoms with Crippen LogP contribution in [-0.2, 0) is 0 Å². The largest absolute Gasteiger partial charge is 0.573 e. The molecule has 0 radical (unpaired) electrons. The summed E-state index contributed by atoms with van der Waals surface area (Å²) in [6, 6.07) is 20.2. The summed E-state index contributed by atoms with van der Waals surface area (Å²) >= 11 is 0. The Hall–Kier alpha value is -3.74. The Morgan fingerprint density at radius 3 is 2.03 bits per heavy atom. The summed E-state index contributed by atoms with van der Waals surface area (Å²) in [7, 11) is 0. The van der Waals surface area contributed by atoms with E-state index >= 15 is 0 Å². The first kappa shape index (κ1) is 22.9. The Kier molecular flexibility index (Phi) is 7.20. The molecule has 0 aliphatic heterocycles. The molecule has 0 spiro atoms. The quantitative estimate of drug-likeness (QED) is 0.229. The monoisotopic (exact) mass is 441 g/mol. The molecule has 0 amide bonds. The number of nitrogens with zero attached hydrogens (tertiary/aromatic N) is 1. The van der Waals surface area contributed by atoms with Crippen LogP contribution >= 0.6 is 0 Å². The molecule has 0 aromatic heterocycles. The summed E-state index contributed by atoms with van der Waals surface area (Å²) in [4.78, 5) is 4.51. The van der Waals surface area contributed by atoms with Crippen molar-refractivity contribution in [1.82, 2.24) is 0 Å². The lowest BCUT2D eigenvalue weighted by molar-refractivity contribution is -0.274. The molecule has 7 heteroatoms. The number of rotatable bonds is 6. The zero-order valence-corrected chi connectivity index (χ0v) is 17.8. The van der Waals surface area contributed by atoms with Crippen molar-refractivity contribution in [2.75, 3.05) is 0 Å². The van der Waals surface area contributed by atoms with Gasteiger partial charge in [0.1, 0.15) is 17.2 Å². The van der Waals surface area contributed by atoms with Gasteiger partial charge in [0.25, 0.3) is 0 Å². The smallest absolute Gasteiger partial charge is 0.465 e. The van der Waals surface area contributed by atoms with E-state index in [1.807, 2.05) is 62.4 Å². The highest BCUT2D eigenvalue weighted by molar-refractivity contribution is 5.96. The van der Waals surface area contributed by atoms with E-state index in [9.17, 15) is 13.2 Å². The van der Waals surface area contributed by atoms with Crippen LogP contribution in [0.2, 0.25) is 0 Å². The second kappa shape index (κ2) is 10.0. The van der Waals surface area contributed by atoms with Gasteiger partial charge in [-0.3, -0.25) is 0 Å². The molecule has 0 bridgehead atoms. The van der Waals surface area contributed by atoms with Crippen molar-refractivity contribution in [3.8, 4) is 17.2 Å². The van der Waals surface area contributed by atoms with Crippen LogP contribution in [0.3, 0.4) is 0 Å². The van der Waals surface area contributed by atoms with Crippen LogP contribution in [-0.4, -0.2) is 12.3 Å². The molecule has 3 rings (SSSR count). The van der Waals surface area contributed by atoms with Gasteiger partial charge in [-0.2, -0.15) is 0 Å². The minimum Gasteiger partial charge on any atom is -0.465 e. The second-order valence-corrected chi connectivity index (χ2v) is 7.11. The molecule has 3 aromatic carbocycles. The Morgan fingerprint density at radius 1 is 0.812 bits per heavy atom. The first-order valence-electron chi connectivity index (χ1n) is 9.77. The molecule has 0 saturated heterocycles. The van der Waals surface area contributed by atoms with E-state index in [-0.39, 0.29) is 17.4 Å². The molecule has 0 fully saturated rings. The predicted molar refractivity (Wildman–Crippen MR) is 118 cm³/mol. The predicted octanol–water partition coefficient (Wildman–Crippen LogP) is 7.29. The van der Waals surface area contributed by atoms with Crippen molar-refractivity contribution in [2.45, 2.75) is 27.1 Å². The van der Waals surface area contributed by atoms with Gasteiger partial charge in [0.15, 0.2) is 0 Å². The number of hydrogen-bond acceptors (Lipinski definition) is 4. The first-order valence-corrected chi connectivity index (χ1v) is 9.77. The van der Waals surface area contributed by atoms with Gasteiger partial charge in [-0.25, -0.2) is 4.99 Å². The number of benzene rings is 3. The fraction of sp³-hybridized carbons (Fsp3) is 0.160. The third kappa shape index (κ3) is 7.19. The van der Waals surface area contributed by atoms with Gasteiger partial charge < -0.3 is 14.2 Å². The molecule has 166 valence electrons. The van der Waals surface area contributed by atoms with E-state index in [4.69, 9.17) is 9.47 Å². The molecule has 4 nitrogen and oxygen atoms in total. The Balaban J connectivity index is 1.88. The molecule has 0 aliphatic carbocycles. The topological polar surface area (TPSA) is 40.0 Å². The van der Waals surface area contributed by atoms with Crippen molar-refractivity contribution in [1.29, 1.82) is 0 Å². The normalized spacial score (nSPS) is 12.4. The SMILES string of the molecule is C/C(=C\Oc1ccc(C)cc1)C(=Nc1ccc(C)cc1)Oc1cccc(OC(F)(F)F)c1. The van der Waals surface area contributed by atoms with Gasteiger partial charge in [-0.1, -0.05) is 41.5 Å². The van der Waals surface area contributed by atoms with Gasteiger partial charge in [0, 0.05) is 11.6 Å². The molecule has 0 unspecified atom stereocenters. The average molecular weight is 441 g/mol. The van der Waals surface area contributed by atoms with Crippen molar-refractivity contribution in [3.05, 3.63) is 95.8 Å². The molecular weight excluding hydrogens is 419 g/mol. The van der Waals surface area contributed by atoms with Gasteiger partial charge in [0.05, 0.1) is 11.9 Å². The number of aliphatic imine (C=N–C) groups is 1. The molecular formula is C25H22F3NO3. The van der Waals surface area contributed by atoms with E-state index in [1.54, 1.807) is 6.92 Å². The van der Waals surface area contributed by atoms with Crippen LogP contribution in [0.25, 0.3) is 0 Å². The number of aryl methyl sites for hydroxylation is 2. The minimum atomic E-state index is -4.80. The van der Waals surface area contributed by atoms with Crippen molar-refractivity contribution in [3.63, 3.8) is 0 Å². The first-order chi connectivity index (χ1) is 15.2. The molecule has 32 heavy (non-hydrogen) atoms. The van der Waals surface area contributed by atoms with Crippen molar-refractivity contribution < 1.29 is 27.4 Å². The van der Waals surface area contributed by atoms with Gasteiger partial charge in [-0.15, -0.1) is 13.2 Å². The van der Waals surface area contributed by atoms with Crippen molar-refractivity contribution in [2.24, 2.45) is 4.99 Å². The zero-order valence-electron chi connectivity index (χ0n) is 17.8. The van der Waals surface area contributed by atoms with E-state index < -0.39 is 6.36 Å².